The van der Waals surface area contributed by atoms with Crippen LogP contribution in [0.25, 0.3) is 0 Å². The third kappa shape index (κ3) is 5.96. The van der Waals surface area contributed by atoms with E-state index >= 15 is 0 Å². The minimum atomic E-state index is -0.429. The molecule has 0 amide bonds. The van der Waals surface area contributed by atoms with Crippen LogP contribution in [0.15, 0.2) is 41.4 Å². The maximum absolute atomic E-state index is 13.8. The van der Waals surface area contributed by atoms with Crippen molar-refractivity contribution in [1.29, 1.82) is 0 Å². The Morgan fingerprint density at radius 1 is 1.13 bits per heavy atom. The van der Waals surface area contributed by atoms with Gasteiger partial charge in [0.05, 0.1) is 14.2 Å². The Morgan fingerprint density at radius 2 is 1.83 bits per heavy atom. The fourth-order valence-electron chi connectivity index (χ4n) is 3.67. The largest absolute Gasteiger partial charge is 0.497 e. The molecule has 1 saturated heterocycles. The van der Waals surface area contributed by atoms with Crippen LogP contribution in [-0.2, 0) is 6.42 Å². The summed E-state index contributed by atoms with van der Waals surface area (Å²) in [6, 6.07) is 9.47. The number of aliphatic imine (C=N–C) groups is 1. The number of nitrogens with zero attached hydrogens (tertiary/aromatic N) is 2. The molecular formula is C22H28F2IN3O2. The number of likely N-dealkylation sites (tertiary alicyclic amines) is 1. The van der Waals surface area contributed by atoms with Crippen molar-refractivity contribution >= 4 is 29.9 Å². The summed E-state index contributed by atoms with van der Waals surface area (Å²) < 4.78 is 37.9. The number of hydrogen-bond acceptors (Lipinski definition) is 3. The van der Waals surface area contributed by atoms with E-state index in [1.165, 1.54) is 11.6 Å². The second-order valence-electron chi connectivity index (χ2n) is 7.04. The number of rotatable bonds is 6. The topological polar surface area (TPSA) is 46.1 Å². The first-order valence-corrected chi connectivity index (χ1v) is 9.66. The lowest BCUT2D eigenvalue weighted by atomic mass is 9.98. The highest BCUT2D eigenvalue weighted by atomic mass is 127. The van der Waals surface area contributed by atoms with Gasteiger partial charge in [-0.05, 0) is 54.3 Å². The molecule has 1 heterocycles. The van der Waals surface area contributed by atoms with Crippen LogP contribution >= 0.6 is 24.0 Å². The zero-order valence-electron chi connectivity index (χ0n) is 17.5. The van der Waals surface area contributed by atoms with Gasteiger partial charge in [0.15, 0.2) is 5.96 Å². The smallest absolute Gasteiger partial charge is 0.193 e. The average molecular weight is 531 g/mol. The Bertz CT molecular complexity index is 857. The lowest BCUT2D eigenvalue weighted by Gasteiger charge is -2.22. The summed E-state index contributed by atoms with van der Waals surface area (Å²) in [6.07, 6.45) is 1.36. The highest BCUT2D eigenvalue weighted by Crippen LogP contribution is 2.32. The van der Waals surface area contributed by atoms with E-state index in [0.717, 1.165) is 49.1 Å². The first kappa shape index (κ1) is 24.2. The summed E-state index contributed by atoms with van der Waals surface area (Å²) in [4.78, 5) is 6.53. The first-order valence-electron chi connectivity index (χ1n) is 9.66. The van der Waals surface area contributed by atoms with Gasteiger partial charge in [-0.15, -0.1) is 24.0 Å². The Hall–Kier alpha value is -2.10. The SMILES string of the molecule is CN=C(NCCc1cc(F)ccc1F)N1CCC(c2cc(OC)cc(OC)c2)C1.I. The van der Waals surface area contributed by atoms with Crippen LogP contribution in [-0.4, -0.2) is 51.8 Å². The quantitative estimate of drug-likeness (QED) is 0.345. The molecular weight excluding hydrogens is 503 g/mol. The molecule has 0 radical (unpaired) electrons. The number of halogens is 3. The monoisotopic (exact) mass is 531 g/mol. The number of nitrogens with one attached hydrogen (secondary N) is 1. The minimum Gasteiger partial charge on any atom is -0.497 e. The third-order valence-corrected chi connectivity index (χ3v) is 5.23. The van der Waals surface area contributed by atoms with E-state index in [0.29, 0.717) is 24.4 Å². The maximum Gasteiger partial charge on any atom is 0.193 e. The summed E-state index contributed by atoms with van der Waals surface area (Å²) in [7, 11) is 5.02. The van der Waals surface area contributed by atoms with Gasteiger partial charge in [-0.3, -0.25) is 4.99 Å². The van der Waals surface area contributed by atoms with E-state index in [2.05, 4.69) is 15.2 Å². The van der Waals surface area contributed by atoms with Crippen LogP contribution in [0.2, 0.25) is 0 Å². The molecule has 0 aromatic heterocycles. The van der Waals surface area contributed by atoms with Gasteiger partial charge in [0.2, 0.25) is 0 Å². The second-order valence-corrected chi connectivity index (χ2v) is 7.04. The Labute approximate surface area is 193 Å². The van der Waals surface area contributed by atoms with Crippen molar-refractivity contribution in [3.63, 3.8) is 0 Å². The van der Waals surface area contributed by atoms with Gasteiger partial charge in [-0.2, -0.15) is 0 Å². The molecule has 1 aliphatic rings. The Kier molecular flexibility index (Phi) is 9.13. The van der Waals surface area contributed by atoms with Crippen LogP contribution in [0.4, 0.5) is 8.78 Å². The molecule has 2 aromatic carbocycles. The highest BCUT2D eigenvalue weighted by molar-refractivity contribution is 14.0. The molecule has 0 bridgehead atoms. The van der Waals surface area contributed by atoms with E-state index in [-0.39, 0.29) is 24.0 Å². The molecule has 30 heavy (non-hydrogen) atoms. The molecule has 0 spiro atoms. The number of ether oxygens (including phenoxy) is 2. The Morgan fingerprint density at radius 3 is 2.47 bits per heavy atom. The lowest BCUT2D eigenvalue weighted by Crippen LogP contribution is -2.40. The van der Waals surface area contributed by atoms with Crippen LogP contribution in [0.5, 0.6) is 11.5 Å². The van der Waals surface area contributed by atoms with Crippen molar-refractivity contribution in [2.75, 3.05) is 40.9 Å². The number of methoxy groups -OCH3 is 2. The zero-order chi connectivity index (χ0) is 20.8. The maximum atomic E-state index is 13.8. The van der Waals surface area contributed by atoms with Gasteiger partial charge in [0.1, 0.15) is 23.1 Å². The molecule has 2 aromatic rings. The summed E-state index contributed by atoms with van der Waals surface area (Å²) >= 11 is 0. The minimum absolute atomic E-state index is 0. The van der Waals surface area contributed by atoms with Crippen LogP contribution in [0.1, 0.15) is 23.5 Å². The molecule has 1 aliphatic heterocycles. The summed E-state index contributed by atoms with van der Waals surface area (Å²) in [6.45, 7) is 2.14. The second kappa shape index (κ2) is 11.3. The van der Waals surface area contributed by atoms with Crippen molar-refractivity contribution in [3.8, 4) is 11.5 Å². The molecule has 0 saturated carbocycles. The van der Waals surface area contributed by atoms with E-state index in [1.54, 1.807) is 21.3 Å². The van der Waals surface area contributed by atoms with Gasteiger partial charge in [-0.1, -0.05) is 0 Å². The number of hydrogen-bond donors (Lipinski definition) is 1. The van der Waals surface area contributed by atoms with Crippen LogP contribution < -0.4 is 14.8 Å². The average Bonchev–Trinajstić information content (AvgIpc) is 3.23. The summed E-state index contributed by atoms with van der Waals surface area (Å²) in [5.41, 5.74) is 1.52. The molecule has 164 valence electrons. The Balaban J connectivity index is 0.00000320. The van der Waals surface area contributed by atoms with Crippen molar-refractivity contribution < 1.29 is 18.3 Å². The van der Waals surface area contributed by atoms with Gasteiger partial charge < -0.3 is 19.7 Å². The zero-order valence-corrected chi connectivity index (χ0v) is 19.8. The van der Waals surface area contributed by atoms with Crippen molar-refractivity contribution in [2.24, 2.45) is 4.99 Å². The van der Waals surface area contributed by atoms with Gasteiger partial charge in [0, 0.05) is 38.7 Å². The standard InChI is InChI=1S/C22H27F2N3O2.HI/c1-25-22(26-8-6-15-10-18(23)4-5-21(15)24)27-9-7-16(14-27)17-11-19(28-2)13-20(12-17)29-3;/h4-5,10-13,16H,6-9,14H2,1-3H3,(H,25,26);1H. The first-order chi connectivity index (χ1) is 14.0. The van der Waals surface area contributed by atoms with Crippen molar-refractivity contribution in [3.05, 3.63) is 59.2 Å². The van der Waals surface area contributed by atoms with E-state index in [1.807, 2.05) is 18.2 Å². The van der Waals surface area contributed by atoms with E-state index < -0.39 is 11.6 Å². The van der Waals surface area contributed by atoms with E-state index in [4.69, 9.17) is 9.47 Å². The lowest BCUT2D eigenvalue weighted by molar-refractivity contribution is 0.392. The van der Waals surface area contributed by atoms with Crippen LogP contribution in [0, 0.1) is 11.6 Å². The summed E-state index contributed by atoms with van der Waals surface area (Å²) in [5, 5.41) is 3.26. The fraction of sp³-hybridized carbons (Fsp3) is 0.409. The van der Waals surface area contributed by atoms with Crippen molar-refractivity contribution in [1.82, 2.24) is 10.2 Å². The summed E-state index contributed by atoms with van der Waals surface area (Å²) in [5.74, 6) is 1.82. The molecule has 1 unspecified atom stereocenters. The molecule has 1 atom stereocenters. The highest BCUT2D eigenvalue weighted by Gasteiger charge is 2.26. The predicted molar refractivity (Wildman–Crippen MR) is 125 cm³/mol. The predicted octanol–water partition coefficient (Wildman–Crippen LogP) is 4.21. The number of guanidine groups is 1. The molecule has 8 heteroatoms. The number of benzene rings is 2. The van der Waals surface area contributed by atoms with Crippen LogP contribution in [0.3, 0.4) is 0 Å². The van der Waals surface area contributed by atoms with Gasteiger partial charge >= 0.3 is 0 Å². The molecule has 5 nitrogen and oxygen atoms in total. The fourth-order valence-corrected chi connectivity index (χ4v) is 3.67. The van der Waals surface area contributed by atoms with Gasteiger partial charge in [0.25, 0.3) is 0 Å². The molecule has 1 fully saturated rings. The molecule has 3 rings (SSSR count). The molecule has 1 N–H and O–H groups in total. The van der Waals surface area contributed by atoms with Gasteiger partial charge in [-0.25, -0.2) is 8.78 Å². The molecule has 0 aliphatic carbocycles. The van der Waals surface area contributed by atoms with Crippen molar-refractivity contribution in [2.45, 2.75) is 18.8 Å². The third-order valence-electron chi connectivity index (χ3n) is 5.23. The van der Waals surface area contributed by atoms with E-state index in [9.17, 15) is 8.78 Å². The normalized spacial score (nSPS) is 16.2.